The number of rotatable bonds is 3. The average Bonchev–Trinajstić information content (AvgIpc) is 2.66. The Balaban J connectivity index is 0.00000121. The third-order valence-electron chi connectivity index (χ3n) is 2.48. The maximum atomic E-state index is 11.6. The van der Waals surface area contributed by atoms with Crippen LogP contribution in [0.5, 0.6) is 0 Å². The average molecular weight is 267 g/mol. The molecule has 17 heavy (non-hydrogen) atoms. The zero-order valence-electron chi connectivity index (χ0n) is 10.7. The third kappa shape index (κ3) is 3.38. The highest BCUT2D eigenvalue weighted by molar-refractivity contribution is 7.86. The van der Waals surface area contributed by atoms with Gasteiger partial charge in [0.2, 0.25) is 0 Å². The lowest BCUT2D eigenvalue weighted by Crippen LogP contribution is -2.51. The van der Waals surface area contributed by atoms with Crippen LogP contribution in [0, 0.1) is 0 Å². The Hall–Kier alpha value is -0.700. The first kappa shape index (κ1) is 16.3. The van der Waals surface area contributed by atoms with Crippen molar-refractivity contribution in [3.63, 3.8) is 0 Å². The van der Waals surface area contributed by atoms with Crippen molar-refractivity contribution in [1.29, 1.82) is 0 Å². The minimum Gasteiger partial charge on any atom is -0.480 e. The third-order valence-corrected chi connectivity index (χ3v) is 4.37. The molecule has 0 spiro atoms. The highest BCUT2D eigenvalue weighted by Gasteiger charge is 2.45. The van der Waals surface area contributed by atoms with Crippen molar-refractivity contribution in [2.75, 3.05) is 27.2 Å². The largest absolute Gasteiger partial charge is 0.480 e. The van der Waals surface area contributed by atoms with E-state index in [0.717, 1.165) is 8.61 Å². The van der Waals surface area contributed by atoms with Crippen molar-refractivity contribution in [2.24, 2.45) is 5.73 Å². The van der Waals surface area contributed by atoms with Crippen LogP contribution in [-0.2, 0) is 15.0 Å². The van der Waals surface area contributed by atoms with Gasteiger partial charge in [0.1, 0.15) is 5.54 Å². The summed E-state index contributed by atoms with van der Waals surface area (Å²) in [5, 5.41) is 8.83. The van der Waals surface area contributed by atoms with E-state index in [2.05, 4.69) is 0 Å². The molecular weight excluding hydrogens is 246 g/mol. The molecule has 1 aliphatic heterocycles. The van der Waals surface area contributed by atoms with E-state index in [1.54, 1.807) is 0 Å². The zero-order chi connectivity index (χ0) is 13.9. The lowest BCUT2D eigenvalue weighted by molar-refractivity contribution is -0.142. The van der Waals surface area contributed by atoms with Crippen LogP contribution >= 0.6 is 0 Å². The maximum absolute atomic E-state index is 11.6. The Bertz CT molecular complexity index is 368. The molecule has 0 saturated carbocycles. The topological polar surface area (TPSA) is 104 Å². The molecule has 0 amide bonds. The van der Waals surface area contributed by atoms with Crippen LogP contribution < -0.4 is 5.73 Å². The molecule has 0 bridgehead atoms. The van der Waals surface area contributed by atoms with Crippen LogP contribution in [0.15, 0.2) is 0 Å². The Labute approximate surface area is 102 Å². The predicted octanol–water partition coefficient (Wildman–Crippen LogP) is -0.693. The van der Waals surface area contributed by atoms with Crippen LogP contribution in [0.25, 0.3) is 0 Å². The van der Waals surface area contributed by atoms with Crippen LogP contribution in [0.1, 0.15) is 20.3 Å². The second-order valence-corrected chi connectivity index (χ2v) is 5.98. The van der Waals surface area contributed by atoms with E-state index < -0.39 is 21.7 Å². The molecule has 0 aliphatic carbocycles. The smallest absolute Gasteiger partial charge is 0.325 e. The van der Waals surface area contributed by atoms with Crippen LogP contribution in [0.4, 0.5) is 0 Å². The van der Waals surface area contributed by atoms with E-state index in [0.29, 0.717) is 0 Å². The molecule has 3 N–H and O–H groups in total. The standard InChI is InChI=1S/C7H15N3O4S.C2H6/c1-9(2)15(13,14)10-4-3-7(8,5-10)6(11)12;1-2/h3-5,8H2,1-2H3,(H,11,12);1-2H3/t7-;/m0./s1. The van der Waals surface area contributed by atoms with E-state index in [9.17, 15) is 13.2 Å². The molecule has 0 aromatic carbocycles. The minimum absolute atomic E-state index is 0.134. The fourth-order valence-electron chi connectivity index (χ4n) is 1.40. The van der Waals surface area contributed by atoms with Crippen molar-refractivity contribution in [1.82, 2.24) is 8.61 Å². The molecule has 0 unspecified atom stereocenters. The maximum Gasteiger partial charge on any atom is 0.325 e. The summed E-state index contributed by atoms with van der Waals surface area (Å²) in [7, 11) is -0.767. The Morgan fingerprint density at radius 3 is 2.18 bits per heavy atom. The van der Waals surface area contributed by atoms with Crippen molar-refractivity contribution in [2.45, 2.75) is 25.8 Å². The number of carboxylic acids is 1. The molecule has 1 heterocycles. The molecular formula is C9H21N3O4S. The summed E-state index contributed by atoms with van der Waals surface area (Å²) in [6.45, 7) is 3.96. The van der Waals surface area contributed by atoms with Gasteiger partial charge >= 0.3 is 5.97 Å². The summed E-state index contributed by atoms with van der Waals surface area (Å²) in [6.07, 6.45) is 0.134. The fraction of sp³-hybridized carbons (Fsp3) is 0.889. The summed E-state index contributed by atoms with van der Waals surface area (Å²) in [4.78, 5) is 10.8. The monoisotopic (exact) mass is 267 g/mol. The first-order valence-electron chi connectivity index (χ1n) is 5.40. The first-order valence-corrected chi connectivity index (χ1v) is 6.80. The van der Waals surface area contributed by atoms with Crippen molar-refractivity contribution in [3.8, 4) is 0 Å². The molecule has 1 saturated heterocycles. The zero-order valence-corrected chi connectivity index (χ0v) is 11.5. The van der Waals surface area contributed by atoms with Gasteiger partial charge in [0.05, 0.1) is 0 Å². The van der Waals surface area contributed by atoms with Gasteiger partial charge in [-0.3, -0.25) is 4.79 Å². The highest BCUT2D eigenvalue weighted by atomic mass is 32.2. The van der Waals surface area contributed by atoms with E-state index >= 15 is 0 Å². The summed E-state index contributed by atoms with van der Waals surface area (Å²) in [5.41, 5.74) is 4.11. The van der Waals surface area contributed by atoms with Crippen LogP contribution in [0.2, 0.25) is 0 Å². The van der Waals surface area contributed by atoms with Gasteiger partial charge in [-0.1, -0.05) is 13.8 Å². The fourth-order valence-corrected chi connectivity index (χ4v) is 2.58. The second-order valence-electron chi connectivity index (χ2n) is 3.84. The SMILES string of the molecule is CC.CN(C)S(=O)(=O)N1CC[C@@](N)(C(=O)O)C1. The molecule has 0 aromatic heterocycles. The molecule has 0 aromatic rings. The number of nitrogens with two attached hydrogens (primary N) is 1. The van der Waals surface area contributed by atoms with E-state index in [1.807, 2.05) is 13.8 Å². The van der Waals surface area contributed by atoms with Gasteiger partial charge in [-0.2, -0.15) is 17.0 Å². The first-order chi connectivity index (χ1) is 7.70. The molecule has 1 aliphatic rings. The van der Waals surface area contributed by atoms with E-state index in [-0.39, 0.29) is 19.5 Å². The predicted molar refractivity (Wildman–Crippen MR) is 64.7 cm³/mol. The number of nitrogens with zero attached hydrogens (tertiary/aromatic N) is 2. The van der Waals surface area contributed by atoms with Gasteiger partial charge in [0.25, 0.3) is 10.2 Å². The van der Waals surface area contributed by atoms with Gasteiger partial charge in [0.15, 0.2) is 0 Å². The normalized spacial score (nSPS) is 25.5. The van der Waals surface area contributed by atoms with Crippen molar-refractivity contribution < 1.29 is 18.3 Å². The van der Waals surface area contributed by atoms with E-state index in [4.69, 9.17) is 10.8 Å². The molecule has 7 nitrogen and oxygen atoms in total. The van der Waals surface area contributed by atoms with Crippen LogP contribution in [-0.4, -0.2) is 60.8 Å². The Kier molecular flexibility index (Phi) is 5.53. The van der Waals surface area contributed by atoms with Gasteiger partial charge in [-0.05, 0) is 6.42 Å². The van der Waals surface area contributed by atoms with Crippen LogP contribution in [0.3, 0.4) is 0 Å². The summed E-state index contributed by atoms with van der Waals surface area (Å²) in [6, 6.07) is 0. The lowest BCUT2D eigenvalue weighted by atomic mass is 10.0. The second kappa shape index (κ2) is 5.76. The number of hydrogen-bond donors (Lipinski definition) is 2. The molecule has 102 valence electrons. The summed E-state index contributed by atoms with van der Waals surface area (Å²) >= 11 is 0. The molecule has 0 radical (unpaired) electrons. The van der Waals surface area contributed by atoms with Crippen molar-refractivity contribution in [3.05, 3.63) is 0 Å². The number of carboxylic acid groups (broad SMARTS) is 1. The molecule has 1 fully saturated rings. The van der Waals surface area contributed by atoms with Gasteiger partial charge in [0, 0.05) is 27.2 Å². The minimum atomic E-state index is -3.56. The summed E-state index contributed by atoms with van der Waals surface area (Å²) in [5.74, 6) is -1.17. The molecule has 8 heteroatoms. The van der Waals surface area contributed by atoms with Gasteiger partial charge in [-0.25, -0.2) is 0 Å². The molecule has 1 rings (SSSR count). The molecule has 1 atom stereocenters. The number of aliphatic carboxylic acids is 1. The van der Waals surface area contributed by atoms with E-state index in [1.165, 1.54) is 14.1 Å². The van der Waals surface area contributed by atoms with Gasteiger partial charge < -0.3 is 10.8 Å². The van der Waals surface area contributed by atoms with Gasteiger partial charge in [-0.15, -0.1) is 0 Å². The summed E-state index contributed by atoms with van der Waals surface area (Å²) < 4.78 is 25.4. The highest BCUT2D eigenvalue weighted by Crippen LogP contribution is 2.22. The number of carbonyl (C=O) groups is 1. The Morgan fingerprint density at radius 1 is 1.41 bits per heavy atom. The lowest BCUT2D eigenvalue weighted by Gasteiger charge is -2.22. The Morgan fingerprint density at radius 2 is 1.88 bits per heavy atom. The van der Waals surface area contributed by atoms with Crippen molar-refractivity contribution >= 4 is 16.2 Å². The quantitative estimate of drug-likeness (QED) is 0.704. The number of hydrogen-bond acceptors (Lipinski definition) is 4.